The van der Waals surface area contributed by atoms with Crippen molar-refractivity contribution in [1.29, 1.82) is 0 Å². The summed E-state index contributed by atoms with van der Waals surface area (Å²) in [5, 5.41) is 0. The van der Waals surface area contributed by atoms with Gasteiger partial charge in [-0.15, -0.1) is 0 Å². The first-order valence-electron chi connectivity index (χ1n) is 11.7. The Kier molecular flexibility index (Phi) is 9.07. The molecule has 2 aromatic heterocycles. The van der Waals surface area contributed by atoms with Crippen molar-refractivity contribution in [3.05, 3.63) is 54.0 Å². The van der Waals surface area contributed by atoms with Crippen molar-refractivity contribution in [1.82, 2.24) is 9.97 Å². The number of allylic oxidation sites excluding steroid dienone is 3. The van der Waals surface area contributed by atoms with E-state index in [2.05, 4.69) is 47.3 Å². The third kappa shape index (κ3) is 6.79. The molecule has 0 aromatic carbocycles. The summed E-state index contributed by atoms with van der Waals surface area (Å²) >= 11 is 0. The first-order valence-corrected chi connectivity index (χ1v) is 11.7. The fraction of sp³-hybridized carbons (Fsp3) is 0.500. The van der Waals surface area contributed by atoms with Crippen LogP contribution in [0.5, 0.6) is 5.75 Å². The minimum Gasteiger partial charge on any atom is -0.492 e. The predicted octanol–water partition coefficient (Wildman–Crippen LogP) is 7.38. The van der Waals surface area contributed by atoms with Gasteiger partial charge < -0.3 is 14.7 Å². The molecule has 0 atom stereocenters. The number of nitrogens with zero attached hydrogens (tertiary/aromatic N) is 1. The van der Waals surface area contributed by atoms with Gasteiger partial charge in [-0.1, -0.05) is 57.9 Å². The molecule has 162 valence electrons. The van der Waals surface area contributed by atoms with Gasteiger partial charge >= 0.3 is 0 Å². The lowest BCUT2D eigenvalue weighted by Crippen LogP contribution is -1.94. The van der Waals surface area contributed by atoms with E-state index in [0.717, 1.165) is 41.4 Å². The van der Waals surface area contributed by atoms with Crippen LogP contribution < -0.4 is 4.74 Å². The third-order valence-electron chi connectivity index (χ3n) is 5.57. The van der Waals surface area contributed by atoms with Gasteiger partial charge in [0.2, 0.25) is 0 Å². The Bertz CT molecular complexity index is 840. The van der Waals surface area contributed by atoms with Gasteiger partial charge in [-0.2, -0.15) is 0 Å². The monoisotopic (exact) mass is 407 g/mol. The summed E-state index contributed by atoms with van der Waals surface area (Å²) in [5.74, 6) is 0.920. The lowest BCUT2D eigenvalue weighted by atomic mass is 10.1. The number of hydrogen-bond donors (Lipinski definition) is 2. The Morgan fingerprint density at radius 3 is 2.50 bits per heavy atom. The van der Waals surface area contributed by atoms with Crippen LogP contribution in [0.3, 0.4) is 0 Å². The lowest BCUT2D eigenvalue weighted by Gasteiger charge is -2.02. The molecule has 1 aliphatic rings. The molecule has 2 N–H and O–H groups in total. The zero-order chi connectivity index (χ0) is 21.0. The fourth-order valence-electron chi connectivity index (χ4n) is 3.88. The van der Waals surface area contributed by atoms with Crippen LogP contribution in [-0.4, -0.2) is 22.3 Å². The molecule has 0 spiro atoms. The maximum atomic E-state index is 5.83. The summed E-state index contributed by atoms with van der Waals surface area (Å²) in [7, 11) is 0. The molecule has 2 aromatic rings. The zero-order valence-electron chi connectivity index (χ0n) is 18.7. The second-order valence-electron chi connectivity index (χ2n) is 8.04. The Morgan fingerprint density at radius 1 is 0.967 bits per heavy atom. The van der Waals surface area contributed by atoms with Gasteiger partial charge in [-0.3, -0.25) is 4.99 Å². The van der Waals surface area contributed by atoms with Crippen molar-refractivity contribution in [2.24, 2.45) is 4.99 Å². The Labute approximate surface area is 181 Å². The van der Waals surface area contributed by atoms with Gasteiger partial charge in [-0.25, -0.2) is 0 Å². The van der Waals surface area contributed by atoms with Gasteiger partial charge in [0.25, 0.3) is 0 Å². The summed E-state index contributed by atoms with van der Waals surface area (Å²) < 4.78 is 5.83. The predicted molar refractivity (Wildman–Crippen MR) is 127 cm³/mol. The van der Waals surface area contributed by atoms with Crippen LogP contribution in [-0.2, 0) is 6.42 Å². The van der Waals surface area contributed by atoms with E-state index in [9.17, 15) is 0 Å². The maximum absolute atomic E-state index is 5.83. The molecule has 0 aliphatic carbocycles. The quantitative estimate of drug-likeness (QED) is 0.315. The first-order chi connectivity index (χ1) is 14.8. The Morgan fingerprint density at radius 2 is 1.77 bits per heavy atom. The number of unbranched alkanes of at least 4 members (excludes halogenated alkanes) is 7. The highest BCUT2D eigenvalue weighted by Gasteiger charge is 2.11. The van der Waals surface area contributed by atoms with Gasteiger partial charge in [-0.05, 0) is 44.1 Å². The van der Waals surface area contributed by atoms with Crippen molar-refractivity contribution in [2.45, 2.75) is 78.1 Å². The van der Waals surface area contributed by atoms with Crippen LogP contribution in [0.4, 0.5) is 0 Å². The second kappa shape index (κ2) is 12.3. The third-order valence-corrected chi connectivity index (χ3v) is 5.57. The highest BCUT2D eigenvalue weighted by molar-refractivity contribution is 5.98. The number of hydrogen-bond acceptors (Lipinski definition) is 2. The molecule has 0 radical (unpaired) electrons. The molecule has 0 bridgehead atoms. The zero-order valence-corrected chi connectivity index (χ0v) is 18.7. The standard InChI is InChI=1S/C26H37N3O/c1-3-5-6-7-8-9-10-11-13-21-15-16-22(28-21)17-18-24-26(30-4-2)20-25(29-24)23-14-12-19-27-23/h12,14-17,19-20,27,29H,3-11,13,18H2,1-2H3. The average Bonchev–Trinajstić information content (AvgIpc) is 3.50. The van der Waals surface area contributed by atoms with Crippen LogP contribution in [0.15, 0.2) is 53.3 Å². The van der Waals surface area contributed by atoms with Gasteiger partial charge in [0.15, 0.2) is 0 Å². The van der Waals surface area contributed by atoms with E-state index >= 15 is 0 Å². The fourth-order valence-corrected chi connectivity index (χ4v) is 3.88. The van der Waals surface area contributed by atoms with E-state index in [1.54, 1.807) is 0 Å². The van der Waals surface area contributed by atoms with Crippen molar-refractivity contribution in [3.63, 3.8) is 0 Å². The number of nitrogens with one attached hydrogen (secondary N) is 2. The SMILES string of the molecule is CCCCCCCCCCC1=NC(=CCc2[nH]c(-c3ccc[nH]3)cc2OCC)C=C1. The first kappa shape index (κ1) is 22.2. The Hall–Kier alpha value is -2.49. The van der Waals surface area contributed by atoms with Crippen LogP contribution >= 0.6 is 0 Å². The molecule has 1 aliphatic heterocycles. The summed E-state index contributed by atoms with van der Waals surface area (Å²) in [6.45, 7) is 4.95. The summed E-state index contributed by atoms with van der Waals surface area (Å²) in [6, 6.07) is 6.14. The van der Waals surface area contributed by atoms with E-state index in [1.165, 1.54) is 57.1 Å². The minimum atomic E-state index is 0.659. The molecule has 0 fully saturated rings. The summed E-state index contributed by atoms with van der Waals surface area (Å²) in [4.78, 5) is 11.5. The van der Waals surface area contributed by atoms with Crippen LogP contribution in [0, 0.1) is 0 Å². The van der Waals surface area contributed by atoms with Crippen molar-refractivity contribution in [2.75, 3.05) is 6.61 Å². The largest absolute Gasteiger partial charge is 0.492 e. The molecule has 0 saturated heterocycles. The minimum absolute atomic E-state index is 0.659. The molecular weight excluding hydrogens is 370 g/mol. The number of ether oxygens (including phenoxy) is 1. The molecular formula is C26H37N3O. The van der Waals surface area contributed by atoms with Crippen molar-refractivity contribution < 1.29 is 4.74 Å². The molecule has 4 nitrogen and oxygen atoms in total. The molecule has 4 heteroatoms. The number of rotatable bonds is 14. The molecule has 0 saturated carbocycles. The molecule has 0 amide bonds. The van der Waals surface area contributed by atoms with Crippen molar-refractivity contribution in [3.8, 4) is 17.1 Å². The van der Waals surface area contributed by atoms with Crippen LogP contribution in [0.1, 0.15) is 77.3 Å². The molecule has 0 unspecified atom stereocenters. The van der Waals surface area contributed by atoms with Gasteiger partial charge in [0, 0.05) is 24.4 Å². The molecule has 3 heterocycles. The van der Waals surface area contributed by atoms with E-state index in [-0.39, 0.29) is 0 Å². The maximum Gasteiger partial charge on any atom is 0.140 e. The van der Waals surface area contributed by atoms with Crippen molar-refractivity contribution >= 4 is 5.71 Å². The van der Waals surface area contributed by atoms with E-state index in [0.29, 0.717) is 6.61 Å². The van der Waals surface area contributed by atoms with E-state index in [1.807, 2.05) is 19.2 Å². The highest BCUT2D eigenvalue weighted by Crippen LogP contribution is 2.27. The lowest BCUT2D eigenvalue weighted by molar-refractivity contribution is 0.337. The number of aromatic nitrogens is 2. The second-order valence-corrected chi connectivity index (χ2v) is 8.04. The normalized spacial score (nSPS) is 14.6. The number of aromatic amines is 2. The van der Waals surface area contributed by atoms with E-state index in [4.69, 9.17) is 9.73 Å². The van der Waals surface area contributed by atoms with Crippen LogP contribution in [0.25, 0.3) is 11.4 Å². The Balaban J connectivity index is 1.46. The summed E-state index contributed by atoms with van der Waals surface area (Å²) in [5.41, 5.74) is 5.49. The smallest absolute Gasteiger partial charge is 0.140 e. The molecule has 30 heavy (non-hydrogen) atoms. The number of aliphatic imine (C=N–C) groups is 1. The van der Waals surface area contributed by atoms with Gasteiger partial charge in [0.1, 0.15) is 5.75 Å². The number of H-pyrrole nitrogens is 2. The summed E-state index contributed by atoms with van der Waals surface area (Å²) in [6.07, 6.45) is 21.1. The van der Waals surface area contributed by atoms with E-state index < -0.39 is 0 Å². The topological polar surface area (TPSA) is 53.2 Å². The van der Waals surface area contributed by atoms with Crippen LogP contribution in [0.2, 0.25) is 0 Å². The van der Waals surface area contributed by atoms with Gasteiger partial charge in [0.05, 0.1) is 29.4 Å². The highest BCUT2D eigenvalue weighted by atomic mass is 16.5. The molecule has 3 rings (SSSR count). The average molecular weight is 408 g/mol.